The Morgan fingerprint density at radius 3 is 1.86 bits per heavy atom. The Hall–Kier alpha value is -3.53. The van der Waals surface area contributed by atoms with Crippen molar-refractivity contribution in [3.63, 3.8) is 0 Å². The van der Waals surface area contributed by atoms with E-state index in [1.165, 1.54) is 24.3 Å². The molecule has 1 atom stereocenters. The van der Waals surface area contributed by atoms with Crippen LogP contribution < -0.4 is 10.5 Å². The second kappa shape index (κ2) is 12.1. The number of piperazine rings is 1. The molecule has 4 rings (SSSR count). The predicted molar refractivity (Wildman–Crippen MR) is 136 cm³/mol. The van der Waals surface area contributed by atoms with Crippen molar-refractivity contribution >= 4 is 6.03 Å². The molecular weight excluding hydrogens is 478 g/mol. The first-order valence-electron chi connectivity index (χ1n) is 12.3. The van der Waals surface area contributed by atoms with E-state index in [2.05, 4.69) is 9.80 Å². The van der Waals surface area contributed by atoms with Gasteiger partial charge < -0.3 is 10.5 Å². The Bertz CT molecular complexity index is 1110. The number of carbonyl (C=O) groups excluding carboxylic acids is 1. The minimum absolute atomic E-state index is 0.0788. The number of hydrogen-bond acceptors (Lipinski definition) is 5. The summed E-state index contributed by atoms with van der Waals surface area (Å²) in [5.41, 5.74) is 7.80. The average Bonchev–Trinajstić information content (AvgIpc) is 2.91. The SMILES string of the molecule is C[C@@H](c1ccc(OCCN2CCN(C(c3ccc(F)cc3)c3ccc(F)cc3)CC2)cc1)N(O)C(N)=O. The molecule has 3 N–H and O–H groups in total. The molecule has 196 valence electrons. The number of benzene rings is 3. The Balaban J connectivity index is 1.30. The smallest absolute Gasteiger partial charge is 0.339 e. The van der Waals surface area contributed by atoms with Crippen LogP contribution in [0.5, 0.6) is 5.75 Å². The van der Waals surface area contributed by atoms with Crippen LogP contribution >= 0.6 is 0 Å². The lowest BCUT2D eigenvalue weighted by molar-refractivity contribution is -0.0710. The molecule has 0 aromatic heterocycles. The van der Waals surface area contributed by atoms with Crippen molar-refractivity contribution in [3.8, 4) is 5.75 Å². The number of halogens is 2. The lowest BCUT2D eigenvalue weighted by Gasteiger charge is -2.39. The lowest BCUT2D eigenvalue weighted by atomic mass is 9.96. The molecule has 0 spiro atoms. The normalized spacial score (nSPS) is 15.5. The van der Waals surface area contributed by atoms with E-state index in [-0.39, 0.29) is 17.7 Å². The monoisotopic (exact) mass is 510 g/mol. The number of primary amides is 1. The van der Waals surface area contributed by atoms with Gasteiger partial charge in [-0.05, 0) is 60.0 Å². The fourth-order valence-electron chi connectivity index (χ4n) is 4.62. The van der Waals surface area contributed by atoms with Gasteiger partial charge >= 0.3 is 6.03 Å². The number of nitrogens with two attached hydrogens (primary N) is 1. The van der Waals surface area contributed by atoms with Crippen LogP contribution in [0.15, 0.2) is 72.8 Å². The zero-order chi connectivity index (χ0) is 26.4. The van der Waals surface area contributed by atoms with Gasteiger partial charge in [0.05, 0.1) is 12.1 Å². The minimum atomic E-state index is -0.908. The summed E-state index contributed by atoms with van der Waals surface area (Å²) in [5.74, 6) is 0.138. The van der Waals surface area contributed by atoms with Gasteiger partial charge in [0.15, 0.2) is 0 Å². The number of amides is 2. The molecule has 7 nitrogen and oxygen atoms in total. The molecule has 0 saturated carbocycles. The zero-order valence-corrected chi connectivity index (χ0v) is 20.8. The highest BCUT2D eigenvalue weighted by atomic mass is 19.1. The summed E-state index contributed by atoms with van der Waals surface area (Å²) < 4.78 is 33.0. The predicted octanol–water partition coefficient (Wildman–Crippen LogP) is 4.58. The number of ether oxygens (including phenoxy) is 1. The van der Waals surface area contributed by atoms with Crippen LogP contribution in [0.2, 0.25) is 0 Å². The summed E-state index contributed by atoms with van der Waals surface area (Å²) >= 11 is 0. The number of hydrogen-bond donors (Lipinski definition) is 2. The molecule has 0 bridgehead atoms. The molecule has 0 unspecified atom stereocenters. The quantitative estimate of drug-likeness (QED) is 0.325. The van der Waals surface area contributed by atoms with Crippen molar-refractivity contribution < 1.29 is 23.5 Å². The molecule has 1 fully saturated rings. The number of carbonyl (C=O) groups is 1. The maximum atomic E-state index is 13.5. The molecule has 9 heteroatoms. The lowest BCUT2D eigenvalue weighted by Crippen LogP contribution is -2.48. The van der Waals surface area contributed by atoms with Gasteiger partial charge in [0.25, 0.3) is 0 Å². The fourth-order valence-corrected chi connectivity index (χ4v) is 4.62. The van der Waals surface area contributed by atoms with Crippen LogP contribution in [-0.2, 0) is 0 Å². The van der Waals surface area contributed by atoms with Crippen LogP contribution in [0.25, 0.3) is 0 Å². The van der Waals surface area contributed by atoms with Crippen molar-refractivity contribution in [3.05, 3.63) is 101 Å². The van der Waals surface area contributed by atoms with Crippen molar-refractivity contribution in [1.82, 2.24) is 14.9 Å². The van der Waals surface area contributed by atoms with E-state index in [9.17, 15) is 18.8 Å². The van der Waals surface area contributed by atoms with E-state index >= 15 is 0 Å². The Morgan fingerprint density at radius 2 is 1.38 bits per heavy atom. The average molecular weight is 511 g/mol. The van der Waals surface area contributed by atoms with Gasteiger partial charge in [0.1, 0.15) is 24.0 Å². The summed E-state index contributed by atoms with van der Waals surface area (Å²) in [6.07, 6.45) is 0. The third-order valence-corrected chi connectivity index (χ3v) is 6.77. The third-order valence-electron chi connectivity index (χ3n) is 6.77. The van der Waals surface area contributed by atoms with E-state index in [1.54, 1.807) is 55.5 Å². The minimum Gasteiger partial charge on any atom is -0.492 e. The molecule has 2 amide bonds. The topological polar surface area (TPSA) is 82.3 Å². The van der Waals surface area contributed by atoms with E-state index in [1.807, 2.05) is 0 Å². The molecule has 0 radical (unpaired) electrons. The van der Waals surface area contributed by atoms with Gasteiger partial charge in [0.2, 0.25) is 0 Å². The Morgan fingerprint density at radius 1 is 0.892 bits per heavy atom. The fraction of sp³-hybridized carbons (Fsp3) is 0.321. The van der Waals surface area contributed by atoms with Gasteiger partial charge in [-0.25, -0.2) is 13.6 Å². The molecule has 3 aromatic carbocycles. The second-order valence-electron chi connectivity index (χ2n) is 9.16. The molecule has 1 aliphatic heterocycles. The molecule has 37 heavy (non-hydrogen) atoms. The van der Waals surface area contributed by atoms with Crippen molar-refractivity contribution in [2.24, 2.45) is 5.73 Å². The van der Waals surface area contributed by atoms with Gasteiger partial charge in [0, 0.05) is 32.7 Å². The number of rotatable bonds is 9. The van der Waals surface area contributed by atoms with E-state index in [4.69, 9.17) is 10.5 Å². The first-order chi connectivity index (χ1) is 17.8. The largest absolute Gasteiger partial charge is 0.492 e. The first kappa shape index (κ1) is 26.5. The maximum Gasteiger partial charge on any atom is 0.339 e. The van der Waals surface area contributed by atoms with Crippen LogP contribution in [0.1, 0.15) is 35.7 Å². The van der Waals surface area contributed by atoms with Crippen molar-refractivity contribution in [1.29, 1.82) is 0 Å². The van der Waals surface area contributed by atoms with Gasteiger partial charge in [-0.3, -0.25) is 15.0 Å². The van der Waals surface area contributed by atoms with Crippen LogP contribution in [0.3, 0.4) is 0 Å². The summed E-state index contributed by atoms with van der Waals surface area (Å²) in [5, 5.41) is 10.2. The van der Waals surface area contributed by atoms with Gasteiger partial charge in [-0.15, -0.1) is 0 Å². The van der Waals surface area contributed by atoms with Crippen molar-refractivity contribution in [2.75, 3.05) is 39.3 Å². The Labute approximate surface area is 215 Å². The zero-order valence-electron chi connectivity index (χ0n) is 20.8. The van der Waals surface area contributed by atoms with Crippen LogP contribution in [-0.4, -0.2) is 65.4 Å². The first-order valence-corrected chi connectivity index (χ1v) is 12.3. The van der Waals surface area contributed by atoms with Crippen LogP contribution in [0, 0.1) is 11.6 Å². The molecular formula is C28H32F2N4O3. The van der Waals surface area contributed by atoms with E-state index in [0.29, 0.717) is 17.4 Å². The molecule has 1 saturated heterocycles. The molecule has 0 aliphatic carbocycles. The number of nitrogens with zero attached hydrogens (tertiary/aromatic N) is 3. The number of hydroxylamine groups is 2. The van der Waals surface area contributed by atoms with Gasteiger partial charge in [-0.1, -0.05) is 36.4 Å². The molecule has 1 heterocycles. The number of urea groups is 1. The second-order valence-corrected chi connectivity index (χ2v) is 9.16. The summed E-state index contributed by atoms with van der Waals surface area (Å²) in [4.78, 5) is 15.8. The highest BCUT2D eigenvalue weighted by molar-refractivity contribution is 5.71. The van der Waals surface area contributed by atoms with E-state index < -0.39 is 12.1 Å². The maximum absolute atomic E-state index is 13.5. The highest BCUT2D eigenvalue weighted by Crippen LogP contribution is 2.30. The summed E-state index contributed by atoms with van der Waals surface area (Å²) in [6.45, 7) is 6.26. The van der Waals surface area contributed by atoms with Crippen LogP contribution in [0.4, 0.5) is 13.6 Å². The third kappa shape index (κ3) is 6.82. The standard InChI is InChI=1S/C28H32F2N4O3/c1-20(34(36)28(31)35)21-6-12-26(13-7-21)37-19-18-32-14-16-33(17-15-32)27(22-2-8-24(29)9-3-22)23-4-10-25(30)11-5-23/h2-13,20,27,36H,14-19H2,1H3,(H2,31,35)/t20-/m0/s1. The van der Waals surface area contributed by atoms with Gasteiger partial charge in [-0.2, -0.15) is 5.06 Å². The molecule has 3 aromatic rings. The summed E-state index contributed by atoms with van der Waals surface area (Å²) in [7, 11) is 0. The van der Waals surface area contributed by atoms with E-state index in [0.717, 1.165) is 49.4 Å². The highest BCUT2D eigenvalue weighted by Gasteiger charge is 2.26. The Kier molecular flexibility index (Phi) is 8.70. The molecule has 1 aliphatic rings. The van der Waals surface area contributed by atoms with Crippen molar-refractivity contribution in [2.45, 2.75) is 19.0 Å². The summed E-state index contributed by atoms with van der Waals surface area (Å²) in [6, 6.07) is 18.7.